The van der Waals surface area contributed by atoms with E-state index in [1.165, 1.54) is 12.4 Å². The number of alkyl halides is 1. The second kappa shape index (κ2) is 7.32. The molecule has 2 heterocycles. The summed E-state index contributed by atoms with van der Waals surface area (Å²) >= 11 is 1.15. The molecule has 0 aliphatic rings. The maximum Gasteiger partial charge on any atom is 0.286 e. The van der Waals surface area contributed by atoms with Gasteiger partial charge in [0.25, 0.3) is 11.5 Å². The van der Waals surface area contributed by atoms with Crippen LogP contribution in [0.4, 0.5) is 19.6 Å². The smallest absolute Gasteiger partial charge is 0.286 e. The molecule has 0 radical (unpaired) electrons. The van der Waals surface area contributed by atoms with E-state index in [4.69, 9.17) is 0 Å². The molecular weight excluding hydrogens is 326 g/mol. The average molecular weight is 342 g/mol. The summed E-state index contributed by atoms with van der Waals surface area (Å²) in [5, 5.41) is 6.14. The number of hydrogen-bond donors (Lipinski definition) is 2. The fraction of sp³-hybridized carbons (Fsp3) is 0.357. The van der Waals surface area contributed by atoms with Crippen molar-refractivity contribution in [3.05, 3.63) is 39.5 Å². The number of carbonyl (C=O) groups excluding carboxylic acids is 1. The lowest BCUT2D eigenvalue weighted by atomic mass is 10.3. The highest BCUT2D eigenvalue weighted by molar-refractivity contribution is 7.17. The number of pyridine rings is 1. The fourth-order valence-electron chi connectivity index (χ4n) is 1.81. The number of aromatic nitrogens is 2. The molecule has 0 saturated carbocycles. The molecule has 6 nitrogen and oxygen atoms in total. The number of hydrogen-bond acceptors (Lipinski definition) is 5. The van der Waals surface area contributed by atoms with Crippen LogP contribution in [-0.4, -0.2) is 28.2 Å². The third-order valence-electron chi connectivity index (χ3n) is 2.77. The number of halogens is 2. The summed E-state index contributed by atoms with van der Waals surface area (Å²) < 4.78 is 26.8. The van der Waals surface area contributed by atoms with Crippen LogP contribution in [0.2, 0.25) is 0 Å². The first-order chi connectivity index (χ1) is 10.9. The first-order valence-electron chi connectivity index (χ1n) is 6.90. The number of amides is 1. The molecule has 1 amide bonds. The van der Waals surface area contributed by atoms with Gasteiger partial charge in [0.05, 0.1) is 18.4 Å². The fourth-order valence-corrected chi connectivity index (χ4v) is 2.67. The zero-order valence-corrected chi connectivity index (χ0v) is 13.4. The van der Waals surface area contributed by atoms with Crippen molar-refractivity contribution in [1.82, 2.24) is 9.55 Å². The van der Waals surface area contributed by atoms with Crippen molar-refractivity contribution in [2.75, 3.05) is 17.3 Å². The molecule has 23 heavy (non-hydrogen) atoms. The van der Waals surface area contributed by atoms with Crippen molar-refractivity contribution in [3.8, 4) is 0 Å². The molecule has 0 atom stereocenters. The lowest BCUT2D eigenvalue weighted by Crippen LogP contribution is -2.24. The van der Waals surface area contributed by atoms with Crippen molar-refractivity contribution in [2.24, 2.45) is 0 Å². The van der Waals surface area contributed by atoms with Gasteiger partial charge in [-0.25, -0.2) is 13.8 Å². The molecule has 124 valence electrons. The van der Waals surface area contributed by atoms with Gasteiger partial charge in [-0.1, -0.05) is 11.3 Å². The monoisotopic (exact) mass is 342 g/mol. The Bertz CT molecular complexity index is 757. The van der Waals surface area contributed by atoms with Gasteiger partial charge in [0.15, 0.2) is 10.9 Å². The van der Waals surface area contributed by atoms with E-state index < -0.39 is 24.0 Å². The normalized spacial score (nSPS) is 10.8. The number of nitrogens with one attached hydrogen (secondary N) is 2. The topological polar surface area (TPSA) is 76.0 Å². The number of aryl methyl sites for hydroxylation is 1. The maximum absolute atomic E-state index is 13.5. The van der Waals surface area contributed by atoms with Crippen LogP contribution in [-0.2, 0) is 6.54 Å². The van der Waals surface area contributed by atoms with Gasteiger partial charge in [-0.3, -0.25) is 9.59 Å². The zero-order chi connectivity index (χ0) is 17.0. The molecule has 0 aliphatic carbocycles. The van der Waals surface area contributed by atoms with Crippen LogP contribution < -0.4 is 16.2 Å². The Morgan fingerprint density at radius 2 is 2.22 bits per heavy atom. The molecule has 2 aromatic heterocycles. The highest BCUT2D eigenvalue weighted by atomic mass is 32.1. The minimum absolute atomic E-state index is 0.0762. The molecule has 0 fully saturated rings. The first-order valence-corrected chi connectivity index (χ1v) is 7.72. The highest BCUT2D eigenvalue weighted by Gasteiger charge is 2.13. The standard InChI is InChI=1S/C14H16F2N4O2S/c1-8(2)18-14-17-6-11(23-14)12(21)19-9-5-10(16)13(22)20(7-9)4-3-15/h5-8H,3-4H2,1-2H3,(H,17,18)(H,19,21). The predicted molar refractivity (Wildman–Crippen MR) is 85.5 cm³/mol. The Morgan fingerprint density at radius 1 is 1.48 bits per heavy atom. The molecule has 2 N–H and O–H groups in total. The van der Waals surface area contributed by atoms with E-state index in [9.17, 15) is 18.4 Å². The number of nitrogens with zero attached hydrogens (tertiary/aromatic N) is 2. The third kappa shape index (κ3) is 4.35. The third-order valence-corrected chi connectivity index (χ3v) is 3.69. The SMILES string of the molecule is CC(C)Nc1ncc(C(=O)Nc2cc(F)c(=O)n(CCF)c2)s1. The van der Waals surface area contributed by atoms with Crippen LogP contribution in [0.3, 0.4) is 0 Å². The lowest BCUT2D eigenvalue weighted by Gasteiger charge is -2.08. The summed E-state index contributed by atoms with van der Waals surface area (Å²) in [6, 6.07) is 1.08. The van der Waals surface area contributed by atoms with Gasteiger partial charge in [-0.05, 0) is 13.8 Å². The summed E-state index contributed by atoms with van der Waals surface area (Å²) in [6.45, 7) is 2.80. The van der Waals surface area contributed by atoms with Gasteiger partial charge in [-0.2, -0.15) is 0 Å². The van der Waals surface area contributed by atoms with Crippen LogP contribution in [0.1, 0.15) is 23.5 Å². The summed E-state index contributed by atoms with van der Waals surface area (Å²) in [7, 11) is 0. The van der Waals surface area contributed by atoms with Gasteiger partial charge in [-0.15, -0.1) is 0 Å². The molecule has 2 aromatic rings. The van der Waals surface area contributed by atoms with Crippen molar-refractivity contribution >= 4 is 28.1 Å². The van der Waals surface area contributed by atoms with E-state index in [-0.39, 0.29) is 18.3 Å². The minimum Gasteiger partial charge on any atom is -0.359 e. The second-order valence-corrected chi connectivity index (χ2v) is 6.08. The van der Waals surface area contributed by atoms with Gasteiger partial charge in [0.1, 0.15) is 11.6 Å². The van der Waals surface area contributed by atoms with E-state index in [0.29, 0.717) is 10.0 Å². The zero-order valence-electron chi connectivity index (χ0n) is 12.6. The molecule has 2 rings (SSSR count). The molecule has 0 saturated heterocycles. The molecule has 0 aliphatic heterocycles. The van der Waals surface area contributed by atoms with E-state index in [2.05, 4.69) is 15.6 Å². The van der Waals surface area contributed by atoms with E-state index >= 15 is 0 Å². The minimum atomic E-state index is -1.05. The second-order valence-electron chi connectivity index (χ2n) is 5.05. The Balaban J connectivity index is 2.16. The summed E-state index contributed by atoms with van der Waals surface area (Å²) in [6.07, 6.45) is 2.61. The van der Waals surface area contributed by atoms with Crippen LogP contribution >= 0.6 is 11.3 Å². The summed E-state index contributed by atoms with van der Waals surface area (Å²) in [5.74, 6) is -1.54. The van der Waals surface area contributed by atoms with Gasteiger partial charge < -0.3 is 15.2 Å². The maximum atomic E-state index is 13.5. The molecular formula is C14H16F2N4O2S. The summed E-state index contributed by atoms with van der Waals surface area (Å²) in [4.78, 5) is 28.0. The first kappa shape index (κ1) is 17.1. The summed E-state index contributed by atoms with van der Waals surface area (Å²) in [5.41, 5.74) is -0.853. The Kier molecular flexibility index (Phi) is 5.43. The Hall–Kier alpha value is -2.29. The number of carbonyl (C=O) groups is 1. The average Bonchev–Trinajstić information content (AvgIpc) is 2.92. The van der Waals surface area contributed by atoms with E-state index in [0.717, 1.165) is 22.0 Å². The molecule has 0 spiro atoms. The molecule has 9 heteroatoms. The van der Waals surface area contributed by atoms with Crippen LogP contribution in [0, 0.1) is 5.82 Å². The molecule has 0 bridgehead atoms. The van der Waals surface area contributed by atoms with E-state index in [1.807, 2.05) is 13.8 Å². The Morgan fingerprint density at radius 3 is 2.87 bits per heavy atom. The van der Waals surface area contributed by atoms with Gasteiger partial charge in [0.2, 0.25) is 0 Å². The predicted octanol–water partition coefficient (Wildman–Crippen LogP) is 2.49. The highest BCUT2D eigenvalue weighted by Crippen LogP contribution is 2.20. The largest absolute Gasteiger partial charge is 0.359 e. The lowest BCUT2D eigenvalue weighted by molar-refractivity contribution is 0.103. The van der Waals surface area contributed by atoms with Crippen molar-refractivity contribution in [1.29, 1.82) is 0 Å². The van der Waals surface area contributed by atoms with Gasteiger partial charge >= 0.3 is 0 Å². The quantitative estimate of drug-likeness (QED) is 0.846. The van der Waals surface area contributed by atoms with Crippen molar-refractivity contribution in [3.63, 3.8) is 0 Å². The molecule has 0 aromatic carbocycles. The van der Waals surface area contributed by atoms with Crippen LogP contribution in [0.15, 0.2) is 23.3 Å². The van der Waals surface area contributed by atoms with Crippen LogP contribution in [0.5, 0.6) is 0 Å². The van der Waals surface area contributed by atoms with E-state index in [1.54, 1.807) is 0 Å². The van der Waals surface area contributed by atoms with Crippen molar-refractivity contribution in [2.45, 2.75) is 26.4 Å². The number of rotatable bonds is 6. The van der Waals surface area contributed by atoms with Gasteiger partial charge in [0, 0.05) is 18.3 Å². The van der Waals surface area contributed by atoms with Crippen molar-refractivity contribution < 1.29 is 13.6 Å². The number of thiazole rings is 1. The Labute approximate surface area is 135 Å². The van der Waals surface area contributed by atoms with Crippen LogP contribution in [0.25, 0.3) is 0 Å². The molecule has 0 unspecified atom stereocenters. The number of anilines is 2.